The molecule has 134 valence electrons. The van der Waals surface area contributed by atoms with Crippen LogP contribution < -0.4 is 0 Å². The van der Waals surface area contributed by atoms with E-state index in [9.17, 15) is 0 Å². The summed E-state index contributed by atoms with van der Waals surface area (Å²) in [5.41, 5.74) is 0. The number of hydrogen-bond donors (Lipinski definition) is 1. The fourth-order valence-electron chi connectivity index (χ4n) is 2.40. The van der Waals surface area contributed by atoms with Crippen molar-refractivity contribution in [2.75, 3.05) is 25.6 Å². The van der Waals surface area contributed by atoms with Crippen molar-refractivity contribution in [2.45, 2.75) is 84.5 Å². The minimum atomic E-state index is -1.83. The molecule has 0 radical (unpaired) electrons. The summed E-state index contributed by atoms with van der Waals surface area (Å²) >= 11 is 4.24. The van der Waals surface area contributed by atoms with Crippen LogP contribution in [0, 0.1) is 0 Å². The maximum atomic E-state index is 5.70. The smallest absolute Gasteiger partial charge is 0.376 e. The topological polar surface area (TPSA) is 27.7 Å². The number of thiol groups is 1. The van der Waals surface area contributed by atoms with Gasteiger partial charge in [0, 0.05) is 19.8 Å². The second-order valence-electron chi connectivity index (χ2n) is 5.68. The van der Waals surface area contributed by atoms with E-state index in [1.54, 1.807) is 0 Å². The second-order valence-corrected chi connectivity index (χ2v) is 7.71. The predicted octanol–water partition coefficient (Wildman–Crippen LogP) is 5.01. The largest absolute Gasteiger partial charge is 0.484 e. The highest BCUT2D eigenvalue weighted by Gasteiger charge is 2.12. The summed E-state index contributed by atoms with van der Waals surface area (Å²) in [4.78, 5) is 0. The van der Waals surface area contributed by atoms with E-state index in [2.05, 4.69) is 12.6 Å². The second kappa shape index (κ2) is 19.5. The van der Waals surface area contributed by atoms with E-state index >= 15 is 0 Å². The maximum absolute atomic E-state index is 5.70. The lowest BCUT2D eigenvalue weighted by atomic mass is 10.1. The third-order valence-corrected chi connectivity index (χ3v) is 5.70. The molecule has 0 N–H and O–H groups in total. The van der Waals surface area contributed by atoms with Gasteiger partial charge < -0.3 is 13.3 Å². The van der Waals surface area contributed by atoms with Crippen molar-refractivity contribution >= 4 is 22.2 Å². The summed E-state index contributed by atoms with van der Waals surface area (Å²) in [7, 11) is -1.83. The van der Waals surface area contributed by atoms with Gasteiger partial charge in [-0.15, -0.1) is 0 Å². The molecule has 0 rings (SSSR count). The summed E-state index contributed by atoms with van der Waals surface area (Å²) in [6.45, 7) is 6.14. The Morgan fingerprint density at radius 3 is 1.41 bits per heavy atom. The molecule has 0 aliphatic carbocycles. The van der Waals surface area contributed by atoms with E-state index in [-0.39, 0.29) is 0 Å². The first-order valence-corrected chi connectivity index (χ1v) is 11.4. The van der Waals surface area contributed by atoms with Crippen LogP contribution in [-0.2, 0) is 13.3 Å². The Kier molecular flexibility index (Phi) is 19.9. The first-order valence-electron chi connectivity index (χ1n) is 9.30. The molecule has 0 heterocycles. The number of rotatable bonds is 18. The van der Waals surface area contributed by atoms with E-state index in [4.69, 9.17) is 13.3 Å². The molecular formula is C17H38O3SSi. The standard InChI is InChI=1S/C17H38O3SSi/c1-3-18-22(19-4-2)20-16-14-12-10-8-6-5-7-9-11-13-15-17-21/h21-22H,3-17H2,1-2H3. The van der Waals surface area contributed by atoms with Crippen LogP contribution in [0.3, 0.4) is 0 Å². The molecule has 0 aromatic carbocycles. The molecule has 3 nitrogen and oxygen atoms in total. The van der Waals surface area contributed by atoms with Crippen LogP contribution in [0.15, 0.2) is 0 Å². The van der Waals surface area contributed by atoms with Crippen molar-refractivity contribution in [1.29, 1.82) is 0 Å². The van der Waals surface area contributed by atoms with Gasteiger partial charge in [-0.1, -0.05) is 57.8 Å². The van der Waals surface area contributed by atoms with Crippen molar-refractivity contribution in [1.82, 2.24) is 0 Å². The van der Waals surface area contributed by atoms with Crippen molar-refractivity contribution < 1.29 is 13.3 Å². The molecule has 5 heteroatoms. The zero-order valence-electron chi connectivity index (χ0n) is 14.9. The van der Waals surface area contributed by atoms with Crippen LogP contribution in [-0.4, -0.2) is 35.1 Å². The summed E-state index contributed by atoms with van der Waals surface area (Å²) < 4.78 is 16.7. The summed E-state index contributed by atoms with van der Waals surface area (Å²) in [5.74, 6) is 1.04. The Morgan fingerprint density at radius 1 is 0.591 bits per heavy atom. The fourth-order valence-corrected chi connectivity index (χ4v) is 3.82. The van der Waals surface area contributed by atoms with Crippen LogP contribution in [0.5, 0.6) is 0 Å². The number of hydrogen-bond acceptors (Lipinski definition) is 4. The number of unbranched alkanes of at least 4 members (excludes halogenated alkanes) is 10. The van der Waals surface area contributed by atoms with Crippen LogP contribution in [0.1, 0.15) is 84.5 Å². The average Bonchev–Trinajstić information content (AvgIpc) is 2.52. The van der Waals surface area contributed by atoms with Crippen molar-refractivity contribution in [2.24, 2.45) is 0 Å². The molecule has 0 atom stereocenters. The van der Waals surface area contributed by atoms with E-state index in [0.717, 1.165) is 18.8 Å². The van der Waals surface area contributed by atoms with Gasteiger partial charge >= 0.3 is 9.53 Å². The highest BCUT2D eigenvalue weighted by atomic mass is 32.1. The molecule has 0 unspecified atom stereocenters. The third kappa shape index (κ3) is 16.8. The fraction of sp³-hybridized carbons (Fsp3) is 1.00. The summed E-state index contributed by atoms with van der Waals surface area (Å²) in [6.07, 6.45) is 14.7. The monoisotopic (exact) mass is 350 g/mol. The van der Waals surface area contributed by atoms with Gasteiger partial charge in [0.15, 0.2) is 0 Å². The molecule has 0 saturated carbocycles. The van der Waals surface area contributed by atoms with Gasteiger partial charge in [-0.05, 0) is 32.4 Å². The molecule has 0 bridgehead atoms. The van der Waals surface area contributed by atoms with Crippen molar-refractivity contribution in [3.05, 3.63) is 0 Å². The Labute approximate surface area is 145 Å². The normalized spacial score (nSPS) is 11.5. The summed E-state index contributed by atoms with van der Waals surface area (Å²) in [5, 5.41) is 0. The van der Waals surface area contributed by atoms with Crippen LogP contribution in [0.25, 0.3) is 0 Å². The first-order chi connectivity index (χ1) is 10.8. The molecular weight excluding hydrogens is 312 g/mol. The maximum Gasteiger partial charge on any atom is 0.484 e. The zero-order valence-corrected chi connectivity index (χ0v) is 16.9. The Morgan fingerprint density at radius 2 is 1.00 bits per heavy atom. The first kappa shape index (κ1) is 22.4. The molecule has 0 aliphatic rings. The van der Waals surface area contributed by atoms with Gasteiger partial charge in [-0.2, -0.15) is 12.6 Å². The van der Waals surface area contributed by atoms with Gasteiger partial charge in [0.25, 0.3) is 0 Å². The lowest BCUT2D eigenvalue weighted by Crippen LogP contribution is -2.27. The molecule has 0 aromatic rings. The van der Waals surface area contributed by atoms with E-state index < -0.39 is 9.53 Å². The van der Waals surface area contributed by atoms with E-state index in [1.165, 1.54) is 64.2 Å². The summed E-state index contributed by atoms with van der Waals surface area (Å²) in [6, 6.07) is 0. The average molecular weight is 351 g/mol. The van der Waals surface area contributed by atoms with E-state index in [0.29, 0.717) is 13.2 Å². The van der Waals surface area contributed by atoms with Gasteiger partial charge in [0.2, 0.25) is 0 Å². The Balaban J connectivity index is 3.16. The lowest BCUT2D eigenvalue weighted by molar-refractivity contribution is 0.100. The Bertz CT molecular complexity index is 202. The molecule has 0 fully saturated rings. The van der Waals surface area contributed by atoms with Gasteiger partial charge in [-0.3, -0.25) is 0 Å². The molecule has 0 aromatic heterocycles. The van der Waals surface area contributed by atoms with Gasteiger partial charge in [0.1, 0.15) is 0 Å². The van der Waals surface area contributed by atoms with Crippen LogP contribution >= 0.6 is 12.6 Å². The lowest BCUT2D eigenvalue weighted by Gasteiger charge is -2.14. The predicted molar refractivity (Wildman–Crippen MR) is 101 cm³/mol. The minimum Gasteiger partial charge on any atom is -0.376 e. The third-order valence-electron chi connectivity index (χ3n) is 3.66. The zero-order chi connectivity index (χ0) is 16.3. The molecule has 0 saturated heterocycles. The molecule has 22 heavy (non-hydrogen) atoms. The van der Waals surface area contributed by atoms with Crippen molar-refractivity contribution in [3.63, 3.8) is 0 Å². The quantitative estimate of drug-likeness (QED) is 0.214. The highest BCUT2D eigenvalue weighted by Crippen LogP contribution is 2.11. The van der Waals surface area contributed by atoms with Gasteiger partial charge in [-0.25, -0.2) is 0 Å². The highest BCUT2D eigenvalue weighted by molar-refractivity contribution is 7.80. The molecule has 0 spiro atoms. The van der Waals surface area contributed by atoms with Crippen LogP contribution in [0.4, 0.5) is 0 Å². The van der Waals surface area contributed by atoms with Crippen LogP contribution in [0.2, 0.25) is 0 Å². The molecule has 0 aliphatic heterocycles. The van der Waals surface area contributed by atoms with Gasteiger partial charge in [0.05, 0.1) is 0 Å². The Hall–Kier alpha value is 0.447. The SMILES string of the molecule is CCO[SiH](OCC)OCCCCCCCCCCCCCS. The minimum absolute atomic E-state index is 0.686. The molecule has 0 amide bonds. The van der Waals surface area contributed by atoms with E-state index in [1.807, 2.05) is 13.8 Å². The van der Waals surface area contributed by atoms with Crippen molar-refractivity contribution in [3.8, 4) is 0 Å².